The van der Waals surface area contributed by atoms with Crippen molar-refractivity contribution in [3.63, 3.8) is 0 Å². The summed E-state index contributed by atoms with van der Waals surface area (Å²) in [5, 5.41) is 11.7. The molecule has 184 valence electrons. The summed E-state index contributed by atoms with van der Waals surface area (Å²) in [6.45, 7) is 1.91. The molecule has 0 atom stereocenters. The van der Waals surface area contributed by atoms with Gasteiger partial charge in [-0.15, -0.1) is 0 Å². The van der Waals surface area contributed by atoms with Crippen LogP contribution >= 0.6 is 0 Å². The van der Waals surface area contributed by atoms with Crippen LogP contribution in [-0.4, -0.2) is 25.6 Å². The summed E-state index contributed by atoms with van der Waals surface area (Å²) < 4.78 is 45.2. The van der Waals surface area contributed by atoms with Gasteiger partial charge in [0, 0.05) is 24.2 Å². The van der Waals surface area contributed by atoms with E-state index in [4.69, 9.17) is 10.00 Å². The Balaban J connectivity index is 1.51. The Morgan fingerprint density at radius 2 is 1.78 bits per heavy atom. The van der Waals surface area contributed by atoms with E-state index in [1.807, 2.05) is 12.1 Å². The van der Waals surface area contributed by atoms with Gasteiger partial charge in [-0.25, -0.2) is 0 Å². The van der Waals surface area contributed by atoms with Gasteiger partial charge in [0.1, 0.15) is 5.75 Å². The zero-order chi connectivity index (χ0) is 25.5. The number of fused-ring (bicyclic) bond motifs is 1. The lowest BCUT2D eigenvalue weighted by atomic mass is 10.0. The molecule has 1 aliphatic heterocycles. The zero-order valence-electron chi connectivity index (χ0n) is 19.4. The molecule has 0 aliphatic carbocycles. The smallest absolute Gasteiger partial charge is 0.416 e. The van der Waals surface area contributed by atoms with Gasteiger partial charge in [0.15, 0.2) is 0 Å². The van der Waals surface area contributed by atoms with Crippen molar-refractivity contribution in [2.24, 2.45) is 0 Å². The number of carbonyl (C=O) groups is 1. The van der Waals surface area contributed by atoms with Gasteiger partial charge in [-0.05, 0) is 67.1 Å². The lowest BCUT2D eigenvalue weighted by Crippen LogP contribution is -2.20. The van der Waals surface area contributed by atoms with Crippen LogP contribution < -0.4 is 15.0 Å². The number of nitriles is 1. The first-order chi connectivity index (χ1) is 17.4. The minimum atomic E-state index is -4.46. The molecule has 1 amide bonds. The van der Waals surface area contributed by atoms with E-state index in [0.717, 1.165) is 25.1 Å². The number of hydrogen-bond donors (Lipinski definition) is 1. The van der Waals surface area contributed by atoms with Crippen molar-refractivity contribution in [2.45, 2.75) is 19.0 Å². The van der Waals surface area contributed by atoms with Crippen LogP contribution in [0, 0.1) is 11.3 Å². The molecular weight excluding hydrogens is 467 g/mol. The van der Waals surface area contributed by atoms with E-state index in [1.54, 1.807) is 47.4 Å². The highest BCUT2D eigenvalue weighted by atomic mass is 19.4. The first-order valence-corrected chi connectivity index (χ1v) is 11.5. The van der Waals surface area contributed by atoms with Crippen molar-refractivity contribution in [2.75, 3.05) is 24.6 Å². The fraction of sp³-hybridized carbons (Fsp3) is 0.214. The molecule has 1 heterocycles. The first-order valence-electron chi connectivity index (χ1n) is 11.5. The zero-order valence-corrected chi connectivity index (χ0v) is 19.4. The Labute approximate surface area is 207 Å². The molecule has 3 aromatic carbocycles. The number of nitrogens with zero attached hydrogens (tertiary/aromatic N) is 2. The minimum Gasteiger partial charge on any atom is -0.494 e. The normalized spacial score (nSPS) is 14.1. The second-order valence-corrected chi connectivity index (χ2v) is 8.19. The minimum absolute atomic E-state index is 0.302. The highest BCUT2D eigenvalue weighted by Crippen LogP contribution is 2.42. The fourth-order valence-corrected chi connectivity index (χ4v) is 3.96. The van der Waals surface area contributed by atoms with Crippen LogP contribution in [-0.2, 0) is 11.0 Å². The molecule has 1 N–H and O–H groups in total. The summed E-state index contributed by atoms with van der Waals surface area (Å²) in [6, 6.07) is 21.3. The number of nitrogens with one attached hydrogen (secondary N) is 1. The lowest BCUT2D eigenvalue weighted by Gasteiger charge is -2.18. The van der Waals surface area contributed by atoms with Crippen LogP contribution in [0.2, 0.25) is 0 Å². The predicted octanol–water partition coefficient (Wildman–Crippen LogP) is 6.20. The van der Waals surface area contributed by atoms with E-state index in [0.29, 0.717) is 53.4 Å². The number of hydrogen-bond acceptors (Lipinski definition) is 4. The van der Waals surface area contributed by atoms with Crippen LogP contribution in [0.5, 0.6) is 5.75 Å². The molecule has 0 aromatic heterocycles. The Morgan fingerprint density at radius 1 is 1.00 bits per heavy atom. The van der Waals surface area contributed by atoms with Crippen molar-refractivity contribution < 1.29 is 22.7 Å². The quantitative estimate of drug-likeness (QED) is 0.286. The van der Waals surface area contributed by atoms with E-state index in [2.05, 4.69) is 11.4 Å². The Hall–Kier alpha value is -4.09. The molecule has 5 nitrogen and oxygen atoms in total. The van der Waals surface area contributed by atoms with E-state index >= 15 is 0 Å². The van der Waals surface area contributed by atoms with Gasteiger partial charge in [-0.3, -0.25) is 9.69 Å². The van der Waals surface area contributed by atoms with Gasteiger partial charge in [-0.1, -0.05) is 30.3 Å². The Bertz CT molecular complexity index is 1290. The van der Waals surface area contributed by atoms with Gasteiger partial charge in [0.2, 0.25) is 0 Å². The topological polar surface area (TPSA) is 65.4 Å². The number of ether oxygens (including phenoxy) is 1. The number of carbonyl (C=O) groups excluding carboxylic acids is 1. The van der Waals surface area contributed by atoms with Gasteiger partial charge >= 0.3 is 6.18 Å². The Morgan fingerprint density at radius 3 is 2.53 bits per heavy atom. The largest absolute Gasteiger partial charge is 0.494 e. The first kappa shape index (κ1) is 25.0. The molecule has 0 saturated heterocycles. The second kappa shape index (κ2) is 11.1. The molecular formula is C28H24F3N3O2. The highest BCUT2D eigenvalue weighted by Gasteiger charge is 2.34. The molecule has 1 aliphatic rings. The number of amides is 1. The third-order valence-electron chi connectivity index (χ3n) is 5.67. The number of halogens is 3. The van der Waals surface area contributed by atoms with Gasteiger partial charge < -0.3 is 10.1 Å². The molecule has 0 bridgehead atoms. The summed E-state index contributed by atoms with van der Waals surface area (Å²) in [5.41, 5.74) is 1.82. The van der Waals surface area contributed by atoms with Gasteiger partial charge in [0.25, 0.3) is 5.91 Å². The summed E-state index contributed by atoms with van der Waals surface area (Å²) in [4.78, 5) is 15.0. The van der Waals surface area contributed by atoms with Gasteiger partial charge in [-0.2, -0.15) is 18.4 Å². The standard InChI is InChI=1S/C28H24F3N3O2/c29-28(30,31)21-7-3-6-20(18-21)19-25-24-8-1-2-9-26(24)34(27(25)35)22-10-12-23(13-11-22)36-17-5-16-33-15-4-14-32/h1-3,6-13,18-19,33H,4-5,15-17H2/b25-19-. The average molecular weight is 492 g/mol. The SMILES string of the molecule is N#CCCNCCCOc1ccc(N2C(=O)/C(=C\c3cccc(C(F)(F)F)c3)c3ccccc32)cc1. The number of benzene rings is 3. The molecule has 8 heteroatoms. The van der Waals surface area contributed by atoms with Crippen LogP contribution in [0.25, 0.3) is 11.6 Å². The average Bonchev–Trinajstić information content (AvgIpc) is 3.15. The van der Waals surface area contributed by atoms with Crippen LogP contribution in [0.1, 0.15) is 29.5 Å². The molecule has 0 saturated carbocycles. The molecule has 36 heavy (non-hydrogen) atoms. The highest BCUT2D eigenvalue weighted by molar-refractivity contribution is 6.37. The maximum absolute atomic E-state index is 13.4. The summed E-state index contributed by atoms with van der Waals surface area (Å²) in [6.07, 6.45) is -1.71. The second-order valence-electron chi connectivity index (χ2n) is 8.19. The molecule has 3 aromatic rings. The number of para-hydroxylation sites is 1. The monoisotopic (exact) mass is 491 g/mol. The van der Waals surface area contributed by atoms with E-state index < -0.39 is 11.7 Å². The number of rotatable bonds is 9. The summed E-state index contributed by atoms with van der Waals surface area (Å²) in [5.74, 6) is 0.348. The molecule has 0 radical (unpaired) electrons. The molecule has 0 fully saturated rings. The van der Waals surface area contributed by atoms with Crippen molar-refractivity contribution in [3.05, 3.63) is 89.5 Å². The number of anilines is 2. The lowest BCUT2D eigenvalue weighted by molar-refractivity contribution is -0.137. The molecule has 4 rings (SSSR count). The third kappa shape index (κ3) is 5.75. The van der Waals surface area contributed by atoms with E-state index in [9.17, 15) is 18.0 Å². The predicted molar refractivity (Wildman–Crippen MR) is 133 cm³/mol. The van der Waals surface area contributed by atoms with Crippen LogP contribution in [0.4, 0.5) is 24.5 Å². The van der Waals surface area contributed by atoms with Crippen molar-refractivity contribution in [1.82, 2.24) is 5.32 Å². The van der Waals surface area contributed by atoms with Crippen LogP contribution in [0.15, 0.2) is 72.8 Å². The van der Waals surface area contributed by atoms with E-state index in [-0.39, 0.29) is 5.91 Å². The van der Waals surface area contributed by atoms with Crippen LogP contribution in [0.3, 0.4) is 0 Å². The fourth-order valence-electron chi connectivity index (χ4n) is 3.96. The summed E-state index contributed by atoms with van der Waals surface area (Å²) in [7, 11) is 0. The molecule has 0 unspecified atom stereocenters. The van der Waals surface area contributed by atoms with Gasteiger partial charge in [0.05, 0.1) is 29.5 Å². The van der Waals surface area contributed by atoms with Crippen molar-refractivity contribution in [1.29, 1.82) is 5.26 Å². The maximum atomic E-state index is 13.4. The van der Waals surface area contributed by atoms with Crippen molar-refractivity contribution >= 4 is 28.9 Å². The Kier molecular flexibility index (Phi) is 7.71. The van der Waals surface area contributed by atoms with Crippen molar-refractivity contribution in [3.8, 4) is 11.8 Å². The third-order valence-corrected chi connectivity index (χ3v) is 5.67. The summed E-state index contributed by atoms with van der Waals surface area (Å²) >= 11 is 0. The maximum Gasteiger partial charge on any atom is 0.416 e. The number of alkyl halides is 3. The van der Waals surface area contributed by atoms with E-state index in [1.165, 1.54) is 12.1 Å². The molecule has 0 spiro atoms.